The number of hydrogen-bond acceptors (Lipinski definition) is 10. The van der Waals surface area contributed by atoms with Gasteiger partial charge in [0.25, 0.3) is 0 Å². The highest BCUT2D eigenvalue weighted by molar-refractivity contribution is 5.80. The first-order chi connectivity index (χ1) is 17.4. The van der Waals surface area contributed by atoms with Crippen molar-refractivity contribution in [2.45, 2.75) is 63.3 Å². The molecule has 1 aliphatic heterocycles. The van der Waals surface area contributed by atoms with Crippen LogP contribution in [0.5, 0.6) is 5.75 Å². The van der Waals surface area contributed by atoms with Crippen molar-refractivity contribution >= 4 is 17.7 Å². The number of amidine groups is 1. The standard InChI is InChI=1S/C24H41N9O3/c1-17(14-29-32-23-4-2-3-11-35-23)21(9-10-25)28-16-36-20-7-5-19(6-8-20)30-33-31-22(26)12-18-13-24(18,27)15-34/h5-8,10,17-18,21,23,25,28-29,32,34H,2-4,9,11-16,27H2,1H3,(H2,26,30,31)/p+1/t17-,18?,21?,23?,24+/m1/s1. The second-order valence-corrected chi connectivity index (χ2v) is 9.75. The molecule has 0 spiro atoms. The lowest BCUT2D eigenvalue weighted by Crippen LogP contribution is -2.70. The van der Waals surface area contributed by atoms with Gasteiger partial charge in [-0.25, -0.2) is 5.43 Å². The molecular formula is C24H42N9O3+. The van der Waals surface area contributed by atoms with E-state index in [1.807, 2.05) is 24.3 Å². The topological polar surface area (TPSA) is 190 Å². The number of nitrogens with zero attached hydrogens (tertiary/aromatic N) is 2. The Morgan fingerprint density at radius 2 is 2.19 bits per heavy atom. The van der Waals surface area contributed by atoms with Crippen LogP contribution in [0.4, 0.5) is 5.69 Å². The van der Waals surface area contributed by atoms with Gasteiger partial charge in [0, 0.05) is 48.5 Å². The zero-order chi connectivity index (χ0) is 25.8. The quantitative estimate of drug-likeness (QED) is 0.0312. The van der Waals surface area contributed by atoms with Crippen LogP contribution < -0.4 is 32.1 Å². The van der Waals surface area contributed by atoms with E-state index in [0.29, 0.717) is 26.0 Å². The molecule has 3 unspecified atom stereocenters. The maximum Gasteiger partial charge on any atom is 0.157 e. The number of aliphatic hydroxyl groups excluding tert-OH is 1. The molecule has 1 aromatic rings. The molecule has 12 nitrogen and oxygen atoms in total. The molecule has 1 saturated carbocycles. The fourth-order valence-corrected chi connectivity index (χ4v) is 4.16. The first-order valence-electron chi connectivity index (χ1n) is 12.7. The minimum atomic E-state index is -0.550. The van der Waals surface area contributed by atoms with Crippen LogP contribution in [0.15, 0.2) is 34.6 Å². The number of benzene rings is 1. The number of aliphatic hydroxyl groups is 1. The lowest BCUT2D eigenvalue weighted by Gasteiger charge is -2.27. The first kappa shape index (κ1) is 28.3. The Balaban J connectivity index is 1.33. The maximum absolute atomic E-state index is 9.21. The average molecular weight is 505 g/mol. The van der Waals surface area contributed by atoms with E-state index < -0.39 is 5.54 Å². The largest absolute Gasteiger partial charge is 0.478 e. The molecule has 3 rings (SSSR count). The number of nitrogens with two attached hydrogens (primary N) is 2. The van der Waals surface area contributed by atoms with Gasteiger partial charge in [-0.2, -0.15) is 5.43 Å². The van der Waals surface area contributed by atoms with E-state index in [1.54, 1.807) is 5.43 Å². The lowest BCUT2D eigenvalue weighted by molar-refractivity contribution is -0.585. The SMILES string of the molecule is C[C@H](CNNC1CCCCO1)C(CC=N)NCOc1ccc([NH2+]N=NC(=N)CC2C[C@]2(N)CO)cc1. The second kappa shape index (κ2) is 14.4. The highest BCUT2D eigenvalue weighted by Gasteiger charge is 2.50. The third kappa shape index (κ3) is 9.28. The van der Waals surface area contributed by atoms with Gasteiger partial charge in [0.05, 0.1) is 6.61 Å². The van der Waals surface area contributed by atoms with Crippen LogP contribution in [0.1, 0.15) is 45.4 Å². The van der Waals surface area contributed by atoms with Crippen molar-refractivity contribution in [3.63, 3.8) is 0 Å². The molecule has 0 bridgehead atoms. The van der Waals surface area contributed by atoms with Crippen molar-refractivity contribution in [3.05, 3.63) is 24.3 Å². The molecule has 1 aromatic carbocycles. The van der Waals surface area contributed by atoms with Gasteiger partial charge in [0.15, 0.2) is 5.69 Å². The zero-order valence-electron chi connectivity index (χ0n) is 21.1. The molecule has 0 amide bonds. The molecule has 10 N–H and O–H groups in total. The average Bonchev–Trinajstić information content (AvgIpc) is 3.54. The van der Waals surface area contributed by atoms with Crippen molar-refractivity contribution in [3.8, 4) is 5.75 Å². The fraction of sp³-hybridized carbons (Fsp3) is 0.667. The van der Waals surface area contributed by atoms with Crippen LogP contribution in [0.3, 0.4) is 0 Å². The van der Waals surface area contributed by atoms with Crippen molar-refractivity contribution in [1.82, 2.24) is 16.2 Å². The summed E-state index contributed by atoms with van der Waals surface area (Å²) in [7, 11) is 0. The van der Waals surface area contributed by atoms with E-state index in [1.165, 1.54) is 12.6 Å². The van der Waals surface area contributed by atoms with Crippen molar-refractivity contribution < 1.29 is 20.0 Å². The Bertz CT molecular complexity index is 848. The van der Waals surface area contributed by atoms with Crippen LogP contribution in [0, 0.1) is 22.7 Å². The summed E-state index contributed by atoms with van der Waals surface area (Å²) >= 11 is 0. The summed E-state index contributed by atoms with van der Waals surface area (Å²) in [6.07, 6.45) is 6.57. The summed E-state index contributed by atoms with van der Waals surface area (Å²) in [5, 5.41) is 35.9. The van der Waals surface area contributed by atoms with Gasteiger partial charge < -0.3 is 25.7 Å². The summed E-state index contributed by atoms with van der Waals surface area (Å²) in [4.78, 5) is 0. The number of ether oxygens (including phenoxy) is 2. The van der Waals surface area contributed by atoms with E-state index in [4.69, 9.17) is 26.0 Å². The minimum Gasteiger partial charge on any atom is -0.478 e. The number of hydrazine groups is 1. The van der Waals surface area contributed by atoms with E-state index >= 15 is 0 Å². The molecule has 2 fully saturated rings. The van der Waals surface area contributed by atoms with Crippen LogP contribution in [0.25, 0.3) is 0 Å². The monoisotopic (exact) mass is 504 g/mol. The molecule has 0 radical (unpaired) electrons. The van der Waals surface area contributed by atoms with Crippen LogP contribution in [-0.2, 0) is 4.74 Å². The van der Waals surface area contributed by atoms with Crippen LogP contribution in [-0.4, -0.2) is 61.5 Å². The summed E-state index contributed by atoms with van der Waals surface area (Å²) in [5.74, 6) is 1.25. The van der Waals surface area contributed by atoms with Crippen molar-refractivity contribution in [2.75, 3.05) is 26.5 Å². The smallest absolute Gasteiger partial charge is 0.157 e. The van der Waals surface area contributed by atoms with Gasteiger partial charge in [0.1, 0.15) is 24.5 Å². The van der Waals surface area contributed by atoms with Gasteiger partial charge in [-0.3, -0.25) is 16.2 Å². The molecule has 2 aliphatic rings. The zero-order valence-corrected chi connectivity index (χ0v) is 21.1. The Morgan fingerprint density at radius 3 is 2.86 bits per heavy atom. The fourth-order valence-electron chi connectivity index (χ4n) is 4.16. The Kier molecular flexibility index (Phi) is 11.3. The summed E-state index contributed by atoms with van der Waals surface area (Å²) < 4.78 is 11.5. The van der Waals surface area contributed by atoms with E-state index in [2.05, 4.69) is 33.4 Å². The Labute approximate surface area is 212 Å². The Morgan fingerprint density at radius 1 is 1.39 bits per heavy atom. The number of hydrogen-bond donors (Lipinski definition) is 8. The second-order valence-electron chi connectivity index (χ2n) is 9.75. The molecule has 1 saturated heterocycles. The highest BCUT2D eigenvalue weighted by atomic mass is 16.5. The third-order valence-electron chi connectivity index (χ3n) is 6.79. The number of quaternary nitrogens is 1. The number of rotatable bonds is 16. The number of nitrogens with one attached hydrogen (secondary N) is 5. The molecular weight excluding hydrogens is 462 g/mol. The molecule has 12 heteroatoms. The van der Waals surface area contributed by atoms with E-state index in [0.717, 1.165) is 37.4 Å². The van der Waals surface area contributed by atoms with Crippen molar-refractivity contribution in [2.24, 2.45) is 27.9 Å². The molecule has 36 heavy (non-hydrogen) atoms. The minimum absolute atomic E-state index is 0.0641. The predicted molar refractivity (Wildman–Crippen MR) is 137 cm³/mol. The summed E-state index contributed by atoms with van der Waals surface area (Å²) in [5.41, 5.74) is 14.3. The molecule has 0 aromatic heterocycles. The van der Waals surface area contributed by atoms with E-state index in [9.17, 15) is 5.11 Å². The normalized spacial score (nSPS) is 25.4. The molecule has 1 heterocycles. The van der Waals surface area contributed by atoms with Crippen LogP contribution >= 0.6 is 0 Å². The van der Waals surface area contributed by atoms with Crippen LogP contribution in [0.2, 0.25) is 0 Å². The van der Waals surface area contributed by atoms with E-state index in [-0.39, 0.29) is 36.5 Å². The summed E-state index contributed by atoms with van der Waals surface area (Å²) in [6, 6.07) is 7.55. The van der Waals surface area contributed by atoms with Crippen molar-refractivity contribution in [1.29, 1.82) is 10.8 Å². The molecule has 200 valence electrons. The molecule has 1 aliphatic carbocycles. The summed E-state index contributed by atoms with van der Waals surface area (Å²) in [6.45, 7) is 3.96. The third-order valence-corrected chi connectivity index (χ3v) is 6.79. The van der Waals surface area contributed by atoms with Gasteiger partial charge in [-0.05, 0) is 62.3 Å². The predicted octanol–water partition coefficient (Wildman–Crippen LogP) is 0.917. The molecule has 5 atom stereocenters. The van der Waals surface area contributed by atoms with Gasteiger partial charge in [-0.1, -0.05) is 12.0 Å². The maximum atomic E-state index is 9.21. The van der Waals surface area contributed by atoms with Gasteiger partial charge in [-0.15, -0.1) is 0 Å². The first-order valence-corrected chi connectivity index (χ1v) is 12.7. The lowest BCUT2D eigenvalue weighted by atomic mass is 10.00. The van der Waals surface area contributed by atoms with Gasteiger partial charge in [0.2, 0.25) is 0 Å². The Hall–Kier alpha value is -2.32. The highest BCUT2D eigenvalue weighted by Crippen LogP contribution is 2.43. The van der Waals surface area contributed by atoms with Gasteiger partial charge >= 0.3 is 0 Å².